The van der Waals surface area contributed by atoms with Crippen molar-refractivity contribution in [2.45, 2.75) is 20.5 Å². The van der Waals surface area contributed by atoms with Crippen LogP contribution >= 0.6 is 11.3 Å². The average molecular weight is 337 g/mol. The quantitative estimate of drug-likeness (QED) is 0.520. The van der Waals surface area contributed by atoms with Gasteiger partial charge in [-0.05, 0) is 37.1 Å². The van der Waals surface area contributed by atoms with E-state index in [1.807, 2.05) is 61.5 Å². The Morgan fingerprint density at radius 2 is 1.96 bits per heavy atom. The SMILES string of the molecule is Cc1nc(N/N=C\c2cccc(OCc3ccccc3)c2)sc1C. The van der Waals surface area contributed by atoms with E-state index in [2.05, 4.69) is 22.4 Å². The minimum absolute atomic E-state index is 0.553. The third kappa shape index (κ3) is 4.43. The summed E-state index contributed by atoms with van der Waals surface area (Å²) < 4.78 is 5.82. The molecule has 0 unspecified atom stereocenters. The Bertz CT molecular complexity index is 808. The number of ether oxygens (including phenoxy) is 1. The van der Waals surface area contributed by atoms with Crippen LogP contribution in [0.2, 0.25) is 0 Å². The van der Waals surface area contributed by atoms with Gasteiger partial charge in [0.25, 0.3) is 0 Å². The zero-order valence-corrected chi connectivity index (χ0v) is 14.5. The van der Waals surface area contributed by atoms with Gasteiger partial charge in [0.15, 0.2) is 0 Å². The van der Waals surface area contributed by atoms with Crippen molar-refractivity contribution in [3.63, 3.8) is 0 Å². The molecule has 3 aromatic rings. The second-order valence-corrected chi connectivity index (χ2v) is 6.58. The number of hydrazone groups is 1. The highest BCUT2D eigenvalue weighted by Crippen LogP contribution is 2.21. The van der Waals surface area contributed by atoms with E-state index in [9.17, 15) is 0 Å². The van der Waals surface area contributed by atoms with E-state index in [4.69, 9.17) is 4.74 Å². The van der Waals surface area contributed by atoms with E-state index >= 15 is 0 Å². The molecule has 24 heavy (non-hydrogen) atoms. The summed E-state index contributed by atoms with van der Waals surface area (Å²) in [7, 11) is 0. The molecule has 1 N–H and O–H groups in total. The van der Waals surface area contributed by atoms with Crippen molar-refractivity contribution in [1.82, 2.24) is 4.98 Å². The molecule has 0 aliphatic carbocycles. The predicted octanol–water partition coefficient (Wildman–Crippen LogP) is 4.78. The van der Waals surface area contributed by atoms with Gasteiger partial charge in [0.05, 0.1) is 11.9 Å². The van der Waals surface area contributed by atoms with Crippen molar-refractivity contribution in [2.75, 3.05) is 5.43 Å². The Balaban J connectivity index is 1.59. The zero-order valence-electron chi connectivity index (χ0n) is 13.7. The van der Waals surface area contributed by atoms with Gasteiger partial charge in [0.1, 0.15) is 12.4 Å². The Labute approximate surface area is 145 Å². The number of nitrogens with zero attached hydrogens (tertiary/aromatic N) is 2. The fraction of sp³-hybridized carbons (Fsp3) is 0.158. The molecule has 1 heterocycles. The van der Waals surface area contributed by atoms with Gasteiger partial charge in [0, 0.05) is 4.88 Å². The Morgan fingerprint density at radius 3 is 2.71 bits per heavy atom. The number of anilines is 1. The third-order valence-corrected chi connectivity index (χ3v) is 4.49. The van der Waals surface area contributed by atoms with Gasteiger partial charge in [-0.1, -0.05) is 42.5 Å². The first kappa shape index (κ1) is 16.2. The molecule has 0 saturated carbocycles. The lowest BCUT2D eigenvalue weighted by atomic mass is 10.2. The summed E-state index contributed by atoms with van der Waals surface area (Å²) in [5.41, 5.74) is 6.12. The van der Waals surface area contributed by atoms with E-state index in [-0.39, 0.29) is 0 Å². The van der Waals surface area contributed by atoms with Crippen molar-refractivity contribution in [1.29, 1.82) is 0 Å². The largest absolute Gasteiger partial charge is 0.489 e. The predicted molar refractivity (Wildman–Crippen MR) is 100 cm³/mol. The van der Waals surface area contributed by atoms with E-state index < -0.39 is 0 Å². The average Bonchev–Trinajstić information content (AvgIpc) is 2.92. The lowest BCUT2D eigenvalue weighted by Crippen LogP contribution is -1.96. The second-order valence-electron chi connectivity index (χ2n) is 5.38. The molecule has 2 aromatic carbocycles. The van der Waals surface area contributed by atoms with Crippen LogP contribution in [-0.2, 0) is 6.61 Å². The van der Waals surface area contributed by atoms with Gasteiger partial charge in [-0.25, -0.2) is 4.98 Å². The normalized spacial score (nSPS) is 10.9. The van der Waals surface area contributed by atoms with E-state index in [1.165, 1.54) is 4.88 Å². The molecule has 0 aliphatic rings. The topological polar surface area (TPSA) is 46.5 Å². The number of aromatic nitrogens is 1. The maximum Gasteiger partial charge on any atom is 0.203 e. The van der Waals surface area contributed by atoms with Crippen LogP contribution in [0.25, 0.3) is 0 Å². The van der Waals surface area contributed by atoms with Gasteiger partial charge < -0.3 is 4.74 Å². The Hall–Kier alpha value is -2.66. The molecule has 0 amide bonds. The Kier molecular flexibility index (Phi) is 5.23. The Morgan fingerprint density at radius 1 is 1.12 bits per heavy atom. The van der Waals surface area contributed by atoms with Crippen LogP contribution in [0.15, 0.2) is 59.7 Å². The van der Waals surface area contributed by atoms with Crippen LogP contribution in [0, 0.1) is 13.8 Å². The minimum atomic E-state index is 0.553. The highest BCUT2D eigenvalue weighted by molar-refractivity contribution is 7.15. The molecule has 5 heteroatoms. The standard InChI is InChI=1S/C19H19N3OS/c1-14-15(2)24-19(21-14)22-20-12-17-9-6-10-18(11-17)23-13-16-7-4-3-5-8-16/h3-12H,13H2,1-2H3,(H,21,22)/b20-12-. The number of thiazole rings is 1. The fourth-order valence-corrected chi connectivity index (χ4v) is 2.87. The van der Waals surface area contributed by atoms with Gasteiger partial charge in [-0.15, -0.1) is 11.3 Å². The highest BCUT2D eigenvalue weighted by atomic mass is 32.1. The van der Waals surface area contributed by atoms with Gasteiger partial charge in [-0.3, -0.25) is 5.43 Å². The van der Waals surface area contributed by atoms with Crippen molar-refractivity contribution in [2.24, 2.45) is 5.10 Å². The molecule has 0 aliphatic heterocycles. The smallest absolute Gasteiger partial charge is 0.203 e. The molecular formula is C19H19N3OS. The van der Waals surface area contributed by atoms with Gasteiger partial charge in [0.2, 0.25) is 5.13 Å². The summed E-state index contributed by atoms with van der Waals surface area (Å²) in [6.45, 7) is 4.60. The fourth-order valence-electron chi connectivity index (χ4n) is 2.11. The van der Waals surface area contributed by atoms with Crippen LogP contribution in [0.3, 0.4) is 0 Å². The molecule has 0 spiro atoms. The van der Waals surface area contributed by atoms with Crippen molar-refractivity contribution < 1.29 is 4.74 Å². The number of nitrogens with one attached hydrogen (secondary N) is 1. The van der Waals surface area contributed by atoms with Gasteiger partial charge in [-0.2, -0.15) is 5.10 Å². The molecule has 4 nitrogen and oxygen atoms in total. The van der Waals surface area contributed by atoms with E-state index in [1.54, 1.807) is 17.6 Å². The van der Waals surface area contributed by atoms with Crippen molar-refractivity contribution >= 4 is 22.7 Å². The number of aryl methyl sites for hydroxylation is 2. The molecule has 1 aromatic heterocycles. The van der Waals surface area contributed by atoms with Crippen molar-refractivity contribution in [3.05, 3.63) is 76.3 Å². The molecule has 3 rings (SSSR count). The van der Waals surface area contributed by atoms with E-state index in [0.29, 0.717) is 6.61 Å². The highest BCUT2D eigenvalue weighted by Gasteiger charge is 2.01. The molecule has 0 saturated heterocycles. The number of hydrogen-bond donors (Lipinski definition) is 1. The summed E-state index contributed by atoms with van der Waals surface area (Å²) in [5, 5.41) is 5.05. The summed E-state index contributed by atoms with van der Waals surface area (Å²) >= 11 is 1.60. The lowest BCUT2D eigenvalue weighted by Gasteiger charge is -2.06. The molecule has 0 atom stereocenters. The van der Waals surface area contributed by atoms with Crippen LogP contribution in [0.4, 0.5) is 5.13 Å². The van der Waals surface area contributed by atoms with Crippen LogP contribution in [0.1, 0.15) is 21.7 Å². The first-order chi connectivity index (χ1) is 11.7. The third-order valence-electron chi connectivity index (χ3n) is 3.51. The zero-order chi connectivity index (χ0) is 16.8. The second kappa shape index (κ2) is 7.75. The maximum absolute atomic E-state index is 5.82. The lowest BCUT2D eigenvalue weighted by molar-refractivity contribution is 0.306. The number of hydrogen-bond acceptors (Lipinski definition) is 5. The number of rotatable bonds is 6. The summed E-state index contributed by atoms with van der Waals surface area (Å²) in [6, 6.07) is 18.0. The molecule has 0 radical (unpaired) electrons. The molecule has 0 fully saturated rings. The summed E-state index contributed by atoms with van der Waals surface area (Å²) in [6.07, 6.45) is 1.77. The first-order valence-corrected chi connectivity index (χ1v) is 8.52. The van der Waals surface area contributed by atoms with Crippen LogP contribution in [0.5, 0.6) is 5.75 Å². The molecular weight excluding hydrogens is 318 g/mol. The van der Waals surface area contributed by atoms with Crippen molar-refractivity contribution in [3.8, 4) is 5.75 Å². The molecule has 0 bridgehead atoms. The minimum Gasteiger partial charge on any atom is -0.489 e. The summed E-state index contributed by atoms with van der Waals surface area (Å²) in [5.74, 6) is 0.823. The number of benzene rings is 2. The first-order valence-electron chi connectivity index (χ1n) is 7.70. The molecule has 122 valence electrons. The van der Waals surface area contributed by atoms with Crippen LogP contribution in [-0.4, -0.2) is 11.2 Å². The summed E-state index contributed by atoms with van der Waals surface area (Å²) in [4.78, 5) is 5.59. The van der Waals surface area contributed by atoms with Crippen LogP contribution < -0.4 is 10.2 Å². The van der Waals surface area contributed by atoms with Gasteiger partial charge >= 0.3 is 0 Å². The van der Waals surface area contributed by atoms with E-state index in [0.717, 1.165) is 27.7 Å². The maximum atomic E-state index is 5.82. The monoisotopic (exact) mass is 337 g/mol.